The van der Waals surface area contributed by atoms with E-state index in [0.717, 1.165) is 42.3 Å². The first kappa shape index (κ1) is 19.2. The molecule has 1 aliphatic rings. The Morgan fingerprint density at radius 1 is 1.14 bits per heavy atom. The molecule has 0 atom stereocenters. The van der Waals surface area contributed by atoms with E-state index in [0.29, 0.717) is 11.2 Å². The fourth-order valence-corrected chi connectivity index (χ4v) is 3.64. The van der Waals surface area contributed by atoms with Crippen molar-refractivity contribution in [2.24, 2.45) is 0 Å². The fraction of sp³-hybridized carbons (Fsp3) is 0.348. The molecule has 29 heavy (non-hydrogen) atoms. The molecule has 1 saturated heterocycles. The number of carbonyl (C=O) groups is 1. The fourth-order valence-electron chi connectivity index (χ4n) is 3.64. The van der Waals surface area contributed by atoms with Gasteiger partial charge in [-0.3, -0.25) is 9.69 Å². The number of piperidine rings is 1. The Morgan fingerprint density at radius 3 is 2.66 bits per heavy atom. The summed E-state index contributed by atoms with van der Waals surface area (Å²) in [7, 11) is 0. The van der Waals surface area contributed by atoms with Crippen molar-refractivity contribution in [3.8, 4) is 11.8 Å². The number of likely N-dealkylation sites (tertiary alicyclic amines) is 1. The Hall–Kier alpha value is -3.17. The predicted octanol–water partition coefficient (Wildman–Crippen LogP) is 3.44. The van der Waals surface area contributed by atoms with Crippen molar-refractivity contribution in [1.29, 1.82) is 0 Å². The summed E-state index contributed by atoms with van der Waals surface area (Å²) in [5, 5.41) is 7.20. The zero-order chi connectivity index (χ0) is 20.2. The van der Waals surface area contributed by atoms with Gasteiger partial charge < -0.3 is 5.32 Å². The molecule has 1 aliphatic heterocycles. The Bertz CT molecular complexity index is 1080. The largest absolute Gasteiger partial charge is 0.322 e. The van der Waals surface area contributed by atoms with Crippen molar-refractivity contribution in [1.82, 2.24) is 19.5 Å². The first-order valence-electron chi connectivity index (χ1n) is 10.0. The SMILES string of the molecule is Cc1cc(C)n2ncc(C(=O)Nc3ccc(C#CCN4CCCCC4)cc3)c2n1. The lowest BCUT2D eigenvalue weighted by Crippen LogP contribution is -2.29. The molecule has 6 nitrogen and oxygen atoms in total. The monoisotopic (exact) mass is 387 g/mol. The van der Waals surface area contributed by atoms with Crippen LogP contribution < -0.4 is 5.32 Å². The molecular formula is C23H25N5O. The molecule has 3 aromatic rings. The van der Waals surface area contributed by atoms with Crippen molar-refractivity contribution < 1.29 is 4.79 Å². The van der Waals surface area contributed by atoms with Gasteiger partial charge in [-0.25, -0.2) is 9.50 Å². The summed E-state index contributed by atoms with van der Waals surface area (Å²) in [6, 6.07) is 9.55. The molecule has 148 valence electrons. The molecule has 0 saturated carbocycles. The molecule has 0 unspecified atom stereocenters. The molecule has 0 radical (unpaired) electrons. The third kappa shape index (κ3) is 4.47. The van der Waals surface area contributed by atoms with E-state index in [1.54, 1.807) is 10.7 Å². The van der Waals surface area contributed by atoms with Gasteiger partial charge in [0.2, 0.25) is 0 Å². The maximum absolute atomic E-state index is 12.7. The summed E-state index contributed by atoms with van der Waals surface area (Å²) < 4.78 is 1.68. The van der Waals surface area contributed by atoms with Crippen LogP contribution in [0.5, 0.6) is 0 Å². The topological polar surface area (TPSA) is 62.5 Å². The standard InChI is InChI=1S/C23H25N5O/c1-17-15-18(2)28-22(25-17)21(16-24-28)23(29)26-20-10-8-19(9-11-20)7-6-14-27-12-4-3-5-13-27/h8-11,15-16H,3-5,12-14H2,1-2H3,(H,26,29). The summed E-state index contributed by atoms with van der Waals surface area (Å²) in [6.07, 6.45) is 5.45. The van der Waals surface area contributed by atoms with Gasteiger partial charge in [0.15, 0.2) is 5.65 Å². The van der Waals surface area contributed by atoms with Crippen LogP contribution in [-0.4, -0.2) is 45.0 Å². The average Bonchev–Trinajstić information content (AvgIpc) is 3.14. The van der Waals surface area contributed by atoms with Crippen LogP contribution in [0.4, 0.5) is 5.69 Å². The van der Waals surface area contributed by atoms with Crippen LogP contribution in [0.15, 0.2) is 36.5 Å². The zero-order valence-corrected chi connectivity index (χ0v) is 16.9. The highest BCUT2D eigenvalue weighted by molar-refractivity contribution is 6.08. The highest BCUT2D eigenvalue weighted by Crippen LogP contribution is 2.15. The second kappa shape index (κ2) is 8.46. The Labute approximate surface area is 170 Å². The number of aromatic nitrogens is 3. The van der Waals surface area contributed by atoms with E-state index < -0.39 is 0 Å². The molecule has 0 spiro atoms. The van der Waals surface area contributed by atoms with Gasteiger partial charge in [-0.15, -0.1) is 0 Å². The van der Waals surface area contributed by atoms with Crippen LogP contribution in [0.3, 0.4) is 0 Å². The van der Waals surface area contributed by atoms with Gasteiger partial charge in [-0.05, 0) is 70.1 Å². The average molecular weight is 387 g/mol. The Morgan fingerprint density at radius 2 is 1.90 bits per heavy atom. The van der Waals surface area contributed by atoms with E-state index in [1.165, 1.54) is 19.3 Å². The van der Waals surface area contributed by atoms with Crippen molar-refractivity contribution in [3.63, 3.8) is 0 Å². The minimum atomic E-state index is -0.221. The lowest BCUT2D eigenvalue weighted by Gasteiger charge is -2.23. The number of amides is 1. The number of nitrogens with one attached hydrogen (secondary N) is 1. The number of hydrogen-bond acceptors (Lipinski definition) is 4. The third-order valence-electron chi connectivity index (χ3n) is 5.15. The van der Waals surface area contributed by atoms with Crippen molar-refractivity contribution >= 4 is 17.2 Å². The van der Waals surface area contributed by atoms with Gasteiger partial charge in [0.25, 0.3) is 5.91 Å². The van der Waals surface area contributed by atoms with Crippen LogP contribution >= 0.6 is 0 Å². The molecule has 6 heteroatoms. The maximum Gasteiger partial charge on any atom is 0.261 e. The molecular weight excluding hydrogens is 362 g/mol. The molecule has 0 bridgehead atoms. The number of benzene rings is 1. The first-order valence-corrected chi connectivity index (χ1v) is 10.0. The Kier molecular flexibility index (Phi) is 5.59. The minimum Gasteiger partial charge on any atom is -0.322 e. The first-order chi connectivity index (χ1) is 14.1. The van der Waals surface area contributed by atoms with E-state index in [9.17, 15) is 4.79 Å². The molecule has 1 fully saturated rings. The van der Waals surface area contributed by atoms with Gasteiger partial charge in [0, 0.05) is 22.6 Å². The van der Waals surface area contributed by atoms with Gasteiger partial charge in [-0.2, -0.15) is 5.10 Å². The lowest BCUT2D eigenvalue weighted by atomic mass is 10.1. The second-order valence-electron chi connectivity index (χ2n) is 7.50. The molecule has 4 rings (SSSR count). The number of anilines is 1. The van der Waals surface area contributed by atoms with Gasteiger partial charge in [-0.1, -0.05) is 18.3 Å². The molecule has 1 N–H and O–H groups in total. The number of fused-ring (bicyclic) bond motifs is 1. The quantitative estimate of drug-likeness (QED) is 0.700. The van der Waals surface area contributed by atoms with Crippen LogP contribution in [0.1, 0.15) is 46.6 Å². The van der Waals surface area contributed by atoms with Crippen molar-refractivity contribution in [3.05, 3.63) is 59.0 Å². The van der Waals surface area contributed by atoms with Crippen LogP contribution in [0, 0.1) is 25.7 Å². The molecule has 3 heterocycles. The number of carbonyl (C=O) groups excluding carboxylic acids is 1. The second-order valence-corrected chi connectivity index (χ2v) is 7.50. The number of aryl methyl sites for hydroxylation is 2. The van der Waals surface area contributed by atoms with E-state index >= 15 is 0 Å². The van der Waals surface area contributed by atoms with E-state index in [2.05, 4.69) is 32.1 Å². The molecule has 1 aromatic carbocycles. The Balaban J connectivity index is 1.42. The maximum atomic E-state index is 12.7. The van der Waals surface area contributed by atoms with Crippen molar-refractivity contribution in [2.45, 2.75) is 33.1 Å². The van der Waals surface area contributed by atoms with Crippen LogP contribution in [-0.2, 0) is 0 Å². The summed E-state index contributed by atoms with van der Waals surface area (Å²) in [5.41, 5.74) is 4.50. The molecule has 0 aliphatic carbocycles. The van der Waals surface area contributed by atoms with E-state index in [-0.39, 0.29) is 5.91 Å². The predicted molar refractivity (Wildman–Crippen MR) is 114 cm³/mol. The van der Waals surface area contributed by atoms with E-state index in [1.807, 2.05) is 44.2 Å². The summed E-state index contributed by atoms with van der Waals surface area (Å²) in [5.74, 6) is 6.24. The summed E-state index contributed by atoms with van der Waals surface area (Å²) in [6.45, 7) is 6.97. The zero-order valence-electron chi connectivity index (χ0n) is 16.9. The summed E-state index contributed by atoms with van der Waals surface area (Å²) in [4.78, 5) is 19.6. The number of rotatable bonds is 3. The number of nitrogens with zero attached hydrogens (tertiary/aromatic N) is 4. The molecule has 1 amide bonds. The number of hydrogen-bond donors (Lipinski definition) is 1. The van der Waals surface area contributed by atoms with Gasteiger partial charge in [0.05, 0.1) is 12.7 Å². The molecule has 2 aromatic heterocycles. The van der Waals surface area contributed by atoms with Gasteiger partial charge in [0.1, 0.15) is 5.56 Å². The van der Waals surface area contributed by atoms with Crippen LogP contribution in [0.2, 0.25) is 0 Å². The minimum absolute atomic E-state index is 0.221. The van der Waals surface area contributed by atoms with E-state index in [4.69, 9.17) is 0 Å². The third-order valence-corrected chi connectivity index (χ3v) is 5.15. The van der Waals surface area contributed by atoms with Gasteiger partial charge >= 0.3 is 0 Å². The highest BCUT2D eigenvalue weighted by atomic mass is 16.1. The normalized spacial score (nSPS) is 14.4. The smallest absolute Gasteiger partial charge is 0.261 e. The van der Waals surface area contributed by atoms with Crippen LogP contribution in [0.25, 0.3) is 5.65 Å². The lowest BCUT2D eigenvalue weighted by molar-refractivity contribution is 0.102. The highest BCUT2D eigenvalue weighted by Gasteiger charge is 2.15. The summed E-state index contributed by atoms with van der Waals surface area (Å²) >= 11 is 0. The van der Waals surface area contributed by atoms with Crippen molar-refractivity contribution in [2.75, 3.05) is 25.0 Å².